The van der Waals surface area contributed by atoms with E-state index in [2.05, 4.69) is 14.7 Å². The third-order valence-electron chi connectivity index (χ3n) is 7.45. The molecule has 3 N–H and O–H groups in total. The predicted molar refractivity (Wildman–Crippen MR) is 164 cm³/mol. The second-order valence-electron chi connectivity index (χ2n) is 10.5. The van der Waals surface area contributed by atoms with E-state index in [0.717, 1.165) is 11.5 Å². The number of anilines is 2. The van der Waals surface area contributed by atoms with Crippen molar-refractivity contribution in [3.8, 4) is 11.1 Å². The van der Waals surface area contributed by atoms with Gasteiger partial charge in [0.2, 0.25) is 0 Å². The van der Waals surface area contributed by atoms with Crippen LogP contribution in [0.25, 0.3) is 22.0 Å². The van der Waals surface area contributed by atoms with Crippen LogP contribution < -0.4 is 10.5 Å². The summed E-state index contributed by atoms with van der Waals surface area (Å²) in [6.45, 7) is 2.29. The number of amides is 1. The van der Waals surface area contributed by atoms with Crippen LogP contribution >= 0.6 is 0 Å². The number of para-hydroxylation sites is 1. The Morgan fingerprint density at radius 2 is 1.61 bits per heavy atom. The highest BCUT2D eigenvalue weighted by Crippen LogP contribution is 2.34. The van der Waals surface area contributed by atoms with Crippen LogP contribution in [0, 0.1) is 11.6 Å². The van der Waals surface area contributed by atoms with Crippen molar-refractivity contribution in [3.63, 3.8) is 0 Å². The molecule has 0 spiro atoms. The lowest BCUT2D eigenvalue weighted by Crippen LogP contribution is -2.48. The first kappa shape index (κ1) is 29.1. The third-order valence-corrected chi connectivity index (χ3v) is 8.87. The normalized spacial score (nSPS) is 14.1. The summed E-state index contributed by atoms with van der Waals surface area (Å²) >= 11 is 0. The van der Waals surface area contributed by atoms with Gasteiger partial charge in [-0.25, -0.2) is 22.2 Å². The number of pyridine rings is 2. The summed E-state index contributed by atoms with van der Waals surface area (Å²) < 4.78 is 56.7. The molecule has 1 aliphatic rings. The summed E-state index contributed by atoms with van der Waals surface area (Å²) in [5.74, 6) is -1.44. The first-order valence-corrected chi connectivity index (χ1v) is 15.3. The average Bonchev–Trinajstić information content (AvgIpc) is 3.00. The molecule has 12 heteroatoms. The Bertz CT molecular complexity index is 1940. The van der Waals surface area contributed by atoms with Gasteiger partial charge in [-0.1, -0.05) is 24.3 Å². The van der Waals surface area contributed by atoms with E-state index in [4.69, 9.17) is 5.73 Å². The minimum atomic E-state index is -4.11. The highest BCUT2D eigenvalue weighted by molar-refractivity contribution is 7.92. The molecule has 3 aromatic carbocycles. The number of carbonyl (C=O) groups is 1. The van der Waals surface area contributed by atoms with Gasteiger partial charge < -0.3 is 10.6 Å². The number of rotatable bonds is 7. The monoisotopic (exact) mass is 614 g/mol. The van der Waals surface area contributed by atoms with Crippen molar-refractivity contribution in [2.24, 2.45) is 0 Å². The molecule has 6 rings (SSSR count). The van der Waals surface area contributed by atoms with E-state index in [9.17, 15) is 22.0 Å². The molecule has 0 radical (unpaired) electrons. The fourth-order valence-electron chi connectivity index (χ4n) is 5.34. The maximum atomic E-state index is 13.6. The number of piperazine rings is 1. The molecule has 3 heterocycles. The van der Waals surface area contributed by atoms with E-state index in [-0.39, 0.29) is 16.6 Å². The van der Waals surface area contributed by atoms with Gasteiger partial charge in [-0.3, -0.25) is 19.4 Å². The van der Waals surface area contributed by atoms with Gasteiger partial charge in [-0.15, -0.1) is 0 Å². The zero-order chi connectivity index (χ0) is 30.8. The number of nitrogens with two attached hydrogens (primary N) is 1. The standard InChI is InChI=1S/C32H28F2N6O3S/c33-24-15-21(16-25(34)17-24)20-39-11-13-40(14-12-39)32(41)23-6-9-30(37-19-23)38-44(42,43)29-8-7-26(35)18-28(29)27-5-1-3-22-4-2-10-36-31(22)27/h1-10,15-19H,11-14,20,35H2,(H,37,38). The number of fused-ring (bicyclic) bond motifs is 1. The third kappa shape index (κ3) is 6.21. The molecule has 0 aliphatic carbocycles. The minimum absolute atomic E-state index is 0.00524. The fraction of sp³-hybridized carbons (Fsp3) is 0.156. The Labute approximate surface area is 253 Å². The van der Waals surface area contributed by atoms with Gasteiger partial charge in [0.25, 0.3) is 15.9 Å². The van der Waals surface area contributed by atoms with Crippen LogP contribution in [0.4, 0.5) is 20.3 Å². The molecule has 1 saturated heterocycles. The number of hydrogen-bond acceptors (Lipinski definition) is 7. The number of halogens is 2. The van der Waals surface area contributed by atoms with Gasteiger partial charge in [-0.05, 0) is 54.1 Å². The maximum absolute atomic E-state index is 13.6. The van der Waals surface area contributed by atoms with Crippen molar-refractivity contribution < 1.29 is 22.0 Å². The van der Waals surface area contributed by atoms with E-state index < -0.39 is 21.7 Å². The average molecular weight is 615 g/mol. The van der Waals surface area contributed by atoms with Gasteiger partial charge in [0, 0.05) is 73.4 Å². The summed E-state index contributed by atoms with van der Waals surface area (Å²) in [5.41, 5.74) is 8.95. The second-order valence-corrected chi connectivity index (χ2v) is 12.2. The second kappa shape index (κ2) is 12.0. The molecule has 224 valence electrons. The summed E-state index contributed by atoms with van der Waals surface area (Å²) in [6, 6.07) is 20.2. The van der Waals surface area contributed by atoms with E-state index in [1.807, 2.05) is 29.2 Å². The Hall–Kier alpha value is -4.94. The van der Waals surface area contributed by atoms with E-state index in [1.54, 1.807) is 23.2 Å². The molecule has 44 heavy (non-hydrogen) atoms. The van der Waals surface area contributed by atoms with Crippen LogP contribution in [0.5, 0.6) is 0 Å². The van der Waals surface area contributed by atoms with Crippen LogP contribution in [0.3, 0.4) is 0 Å². The lowest BCUT2D eigenvalue weighted by Gasteiger charge is -2.34. The van der Waals surface area contributed by atoms with Crippen molar-refractivity contribution >= 4 is 38.3 Å². The van der Waals surface area contributed by atoms with Crippen LogP contribution in [0.2, 0.25) is 0 Å². The minimum Gasteiger partial charge on any atom is -0.399 e. The van der Waals surface area contributed by atoms with Gasteiger partial charge in [0.15, 0.2) is 0 Å². The molecular formula is C32H28F2N6O3S. The number of nitrogen functional groups attached to an aromatic ring is 1. The van der Waals surface area contributed by atoms with Crippen LogP contribution in [-0.4, -0.2) is 60.3 Å². The summed E-state index contributed by atoms with van der Waals surface area (Å²) in [6.07, 6.45) is 2.98. The topological polar surface area (TPSA) is 122 Å². The van der Waals surface area contributed by atoms with Crippen molar-refractivity contribution in [3.05, 3.63) is 114 Å². The zero-order valence-electron chi connectivity index (χ0n) is 23.5. The number of sulfonamides is 1. The first-order chi connectivity index (χ1) is 21.2. The van der Waals surface area contributed by atoms with E-state index >= 15 is 0 Å². The molecule has 9 nitrogen and oxygen atoms in total. The Balaban J connectivity index is 1.15. The Kier molecular flexibility index (Phi) is 7.93. The molecule has 1 amide bonds. The molecule has 1 fully saturated rings. The van der Waals surface area contributed by atoms with Crippen molar-refractivity contribution in [1.29, 1.82) is 0 Å². The quantitative estimate of drug-likeness (QED) is 0.250. The lowest BCUT2D eigenvalue weighted by atomic mass is 10.0. The molecule has 0 saturated carbocycles. The molecular weight excluding hydrogens is 586 g/mol. The van der Waals surface area contributed by atoms with Crippen LogP contribution in [0.15, 0.2) is 96.2 Å². The molecule has 2 aromatic heterocycles. The van der Waals surface area contributed by atoms with Gasteiger partial charge in [-0.2, -0.15) is 0 Å². The summed E-state index contributed by atoms with van der Waals surface area (Å²) in [7, 11) is -4.11. The molecule has 0 bridgehead atoms. The van der Waals surface area contributed by atoms with E-state index in [1.165, 1.54) is 42.6 Å². The van der Waals surface area contributed by atoms with E-state index in [0.29, 0.717) is 66.2 Å². The fourth-order valence-corrected chi connectivity index (χ4v) is 6.55. The highest BCUT2D eigenvalue weighted by Gasteiger charge is 2.24. The smallest absolute Gasteiger partial charge is 0.263 e. The highest BCUT2D eigenvalue weighted by atomic mass is 32.2. The van der Waals surface area contributed by atoms with Crippen LogP contribution in [-0.2, 0) is 16.6 Å². The number of carbonyl (C=O) groups excluding carboxylic acids is 1. The molecule has 1 aliphatic heterocycles. The zero-order valence-corrected chi connectivity index (χ0v) is 24.3. The Morgan fingerprint density at radius 3 is 2.34 bits per heavy atom. The molecule has 0 unspecified atom stereocenters. The number of aromatic nitrogens is 2. The lowest BCUT2D eigenvalue weighted by molar-refractivity contribution is 0.0628. The van der Waals surface area contributed by atoms with Gasteiger partial charge in [0.1, 0.15) is 17.5 Å². The van der Waals surface area contributed by atoms with Crippen LogP contribution in [0.1, 0.15) is 15.9 Å². The van der Waals surface area contributed by atoms with Crippen molar-refractivity contribution in [2.75, 3.05) is 36.6 Å². The number of nitrogens with one attached hydrogen (secondary N) is 1. The van der Waals surface area contributed by atoms with Crippen molar-refractivity contribution in [1.82, 2.24) is 19.8 Å². The van der Waals surface area contributed by atoms with Crippen molar-refractivity contribution in [2.45, 2.75) is 11.4 Å². The maximum Gasteiger partial charge on any atom is 0.263 e. The van der Waals surface area contributed by atoms with Gasteiger partial charge >= 0.3 is 0 Å². The predicted octanol–water partition coefficient (Wildman–Crippen LogP) is 4.92. The first-order valence-electron chi connectivity index (χ1n) is 13.9. The number of nitrogens with zero attached hydrogens (tertiary/aromatic N) is 4. The molecule has 5 aromatic rings. The summed E-state index contributed by atoms with van der Waals surface area (Å²) in [5, 5.41) is 0.856. The Morgan fingerprint density at radius 1 is 0.864 bits per heavy atom. The summed E-state index contributed by atoms with van der Waals surface area (Å²) in [4.78, 5) is 25.5. The number of benzene rings is 3. The van der Waals surface area contributed by atoms with Gasteiger partial charge in [0.05, 0.1) is 16.0 Å². The number of hydrogen-bond donors (Lipinski definition) is 2. The molecule has 0 atom stereocenters. The SMILES string of the molecule is Nc1ccc(S(=O)(=O)Nc2ccc(C(=O)N3CCN(Cc4cc(F)cc(F)c4)CC3)cn2)c(-c2cccc3cccnc23)c1. The largest absolute Gasteiger partial charge is 0.399 e.